The summed E-state index contributed by atoms with van der Waals surface area (Å²) >= 11 is 0.946. The van der Waals surface area contributed by atoms with Crippen LogP contribution in [0.5, 0.6) is 0 Å². The summed E-state index contributed by atoms with van der Waals surface area (Å²) < 4.78 is 36.4. The van der Waals surface area contributed by atoms with Gasteiger partial charge in [0.05, 0.1) is 24.1 Å². The Morgan fingerprint density at radius 3 is 2.72 bits per heavy atom. The van der Waals surface area contributed by atoms with Gasteiger partial charge in [-0.3, -0.25) is 15.1 Å². The normalized spacial score (nSPS) is 12.1. The molecule has 0 bridgehead atoms. The van der Waals surface area contributed by atoms with E-state index in [0.717, 1.165) is 17.4 Å². The number of thioether (sulfide) groups is 1. The fourth-order valence-corrected chi connectivity index (χ4v) is 2.82. The molecule has 0 saturated heterocycles. The number of carbonyl (C=O) groups excluding carboxylic acids is 1. The van der Waals surface area contributed by atoms with E-state index < -0.39 is 12.6 Å². The number of aromatic nitrogens is 1. The van der Waals surface area contributed by atoms with Gasteiger partial charge in [-0.15, -0.1) is 0 Å². The minimum Gasteiger partial charge on any atom is -0.306 e. The Balaban J connectivity index is 2.71. The Bertz CT molecular complexity index is 605. The first-order valence-corrected chi connectivity index (χ1v) is 8.85. The zero-order valence-electron chi connectivity index (χ0n) is 14.1. The Hall–Kier alpha value is -1.87. The lowest BCUT2D eigenvalue weighted by Crippen LogP contribution is -2.72. The smallest absolute Gasteiger partial charge is 0.306 e. The SMILES string of the molecule is CCN(C(=O)CSCCC(F)(F)F)/C(=C/[NH2+]c1cccnc1)C(C)=N. The number of carbonyl (C=O) groups is 1. The number of quaternary nitrogens is 1. The monoisotopic (exact) mass is 375 g/mol. The van der Waals surface area contributed by atoms with Gasteiger partial charge in [-0.2, -0.15) is 24.9 Å². The van der Waals surface area contributed by atoms with Crippen molar-refractivity contribution in [2.45, 2.75) is 26.4 Å². The maximum atomic E-state index is 12.3. The number of allylic oxidation sites excluding steroid dienone is 1. The van der Waals surface area contributed by atoms with E-state index in [-0.39, 0.29) is 23.1 Å². The second-order valence-corrected chi connectivity index (χ2v) is 6.29. The highest BCUT2D eigenvalue weighted by atomic mass is 32.2. The first kappa shape index (κ1) is 21.2. The van der Waals surface area contributed by atoms with Crippen LogP contribution < -0.4 is 5.32 Å². The lowest BCUT2D eigenvalue weighted by molar-refractivity contribution is -0.497. The number of rotatable bonds is 9. The van der Waals surface area contributed by atoms with Gasteiger partial charge < -0.3 is 10.3 Å². The van der Waals surface area contributed by atoms with Crippen molar-refractivity contribution in [2.75, 3.05) is 18.1 Å². The summed E-state index contributed by atoms with van der Waals surface area (Å²) in [5.41, 5.74) is 1.45. The molecular formula is C16H22F3N4OS+. The molecule has 9 heteroatoms. The van der Waals surface area contributed by atoms with Crippen LogP contribution in [0.4, 0.5) is 18.9 Å². The first-order valence-electron chi connectivity index (χ1n) is 7.70. The number of hydrogen-bond acceptors (Lipinski definition) is 4. The van der Waals surface area contributed by atoms with Gasteiger partial charge in [0.25, 0.3) is 0 Å². The van der Waals surface area contributed by atoms with Crippen LogP contribution in [0.1, 0.15) is 20.3 Å². The summed E-state index contributed by atoms with van der Waals surface area (Å²) in [4.78, 5) is 17.7. The van der Waals surface area contributed by atoms with E-state index in [1.807, 2.05) is 6.07 Å². The molecule has 0 aromatic carbocycles. The highest BCUT2D eigenvalue weighted by molar-refractivity contribution is 7.99. The highest BCUT2D eigenvalue weighted by Crippen LogP contribution is 2.22. The summed E-state index contributed by atoms with van der Waals surface area (Å²) in [5.74, 6) is -0.523. The summed E-state index contributed by atoms with van der Waals surface area (Å²) in [6.07, 6.45) is -0.183. The van der Waals surface area contributed by atoms with Crippen LogP contribution in [0.15, 0.2) is 36.4 Å². The molecule has 0 aliphatic heterocycles. The molecule has 1 aromatic rings. The fraction of sp³-hybridized carbons (Fsp3) is 0.438. The molecule has 0 aliphatic rings. The van der Waals surface area contributed by atoms with E-state index in [4.69, 9.17) is 5.41 Å². The van der Waals surface area contributed by atoms with E-state index in [9.17, 15) is 18.0 Å². The first-order chi connectivity index (χ1) is 11.7. The maximum Gasteiger partial charge on any atom is 0.389 e. The molecule has 1 rings (SSSR count). The zero-order valence-corrected chi connectivity index (χ0v) is 15.0. The van der Waals surface area contributed by atoms with Crippen LogP contribution in [0.3, 0.4) is 0 Å². The van der Waals surface area contributed by atoms with Crippen LogP contribution in [0, 0.1) is 5.41 Å². The molecule has 0 saturated carbocycles. The summed E-state index contributed by atoms with van der Waals surface area (Å²) in [7, 11) is 0. The van der Waals surface area contributed by atoms with E-state index in [1.165, 1.54) is 4.90 Å². The molecular weight excluding hydrogens is 353 g/mol. The Morgan fingerprint density at radius 2 is 2.20 bits per heavy atom. The van der Waals surface area contributed by atoms with Crippen molar-refractivity contribution < 1.29 is 23.3 Å². The van der Waals surface area contributed by atoms with Crippen LogP contribution in [-0.4, -0.2) is 45.7 Å². The third-order valence-corrected chi connectivity index (χ3v) is 4.11. The van der Waals surface area contributed by atoms with Gasteiger partial charge in [0, 0.05) is 24.6 Å². The number of hydrogen-bond donors (Lipinski definition) is 2. The van der Waals surface area contributed by atoms with Crippen LogP contribution in [0.2, 0.25) is 0 Å². The molecule has 1 heterocycles. The quantitative estimate of drug-likeness (QED) is 0.515. The van der Waals surface area contributed by atoms with Crippen molar-refractivity contribution >= 4 is 29.1 Å². The van der Waals surface area contributed by atoms with Gasteiger partial charge in [-0.05, 0) is 19.9 Å². The molecule has 0 unspecified atom stereocenters. The van der Waals surface area contributed by atoms with E-state index in [2.05, 4.69) is 4.98 Å². The minimum atomic E-state index is -4.21. The number of alkyl halides is 3. The van der Waals surface area contributed by atoms with Crippen LogP contribution in [-0.2, 0) is 4.79 Å². The average Bonchev–Trinajstić information content (AvgIpc) is 2.55. The summed E-state index contributed by atoms with van der Waals surface area (Å²) in [6, 6.07) is 3.61. The van der Waals surface area contributed by atoms with Crippen molar-refractivity contribution in [1.82, 2.24) is 9.88 Å². The molecule has 1 amide bonds. The third-order valence-electron chi connectivity index (χ3n) is 3.17. The average molecular weight is 375 g/mol. The lowest BCUT2D eigenvalue weighted by Gasteiger charge is -2.22. The number of nitrogens with zero attached hydrogens (tertiary/aromatic N) is 2. The van der Waals surface area contributed by atoms with Crippen molar-refractivity contribution in [3.8, 4) is 0 Å². The number of pyridine rings is 1. The van der Waals surface area contributed by atoms with Crippen molar-refractivity contribution in [1.29, 1.82) is 5.41 Å². The minimum absolute atomic E-state index is 0.0541. The third kappa shape index (κ3) is 8.17. The van der Waals surface area contributed by atoms with Gasteiger partial charge in [0.1, 0.15) is 11.9 Å². The standard InChI is InChI=1S/C16H21F3N4OS/c1-3-23(15(24)11-25-8-6-16(17,18)19)14(12(2)20)10-22-13-5-4-7-21-9-13/h4-5,7,9-10,20,22H,3,6,8,11H2,1-2H3/p+1/b14-10+,20-12?. The Morgan fingerprint density at radius 1 is 1.48 bits per heavy atom. The van der Waals surface area contributed by atoms with Gasteiger partial charge in [0.2, 0.25) is 5.91 Å². The van der Waals surface area contributed by atoms with Crippen molar-refractivity contribution in [3.63, 3.8) is 0 Å². The molecule has 1 aromatic heterocycles. The molecule has 0 aliphatic carbocycles. The predicted molar refractivity (Wildman–Crippen MR) is 92.7 cm³/mol. The number of halogens is 3. The maximum absolute atomic E-state index is 12.3. The summed E-state index contributed by atoms with van der Waals surface area (Å²) in [6.45, 7) is 3.66. The second-order valence-electron chi connectivity index (χ2n) is 5.19. The van der Waals surface area contributed by atoms with Gasteiger partial charge >= 0.3 is 6.18 Å². The highest BCUT2D eigenvalue weighted by Gasteiger charge is 2.27. The number of nitrogens with one attached hydrogen (secondary N) is 1. The molecule has 25 heavy (non-hydrogen) atoms. The number of nitrogens with two attached hydrogens (primary N) is 1. The lowest BCUT2D eigenvalue weighted by atomic mass is 10.2. The number of amides is 1. The molecule has 3 N–H and O–H groups in total. The topological polar surface area (TPSA) is 73.7 Å². The van der Waals surface area contributed by atoms with Crippen LogP contribution >= 0.6 is 11.8 Å². The predicted octanol–water partition coefficient (Wildman–Crippen LogP) is 2.69. The Labute approximate surface area is 149 Å². The van der Waals surface area contributed by atoms with E-state index in [1.54, 1.807) is 43.8 Å². The fourth-order valence-electron chi connectivity index (χ4n) is 1.97. The largest absolute Gasteiger partial charge is 0.389 e. The van der Waals surface area contributed by atoms with Crippen LogP contribution in [0.25, 0.3) is 0 Å². The van der Waals surface area contributed by atoms with Crippen molar-refractivity contribution in [3.05, 3.63) is 36.4 Å². The molecule has 5 nitrogen and oxygen atoms in total. The molecule has 0 radical (unpaired) electrons. The van der Waals surface area contributed by atoms with Crippen molar-refractivity contribution in [2.24, 2.45) is 0 Å². The van der Waals surface area contributed by atoms with Gasteiger partial charge in [0.15, 0.2) is 5.69 Å². The van der Waals surface area contributed by atoms with Gasteiger partial charge in [-0.1, -0.05) is 0 Å². The molecule has 138 valence electrons. The second kappa shape index (κ2) is 10.2. The molecule has 0 spiro atoms. The van der Waals surface area contributed by atoms with Gasteiger partial charge in [-0.25, -0.2) is 0 Å². The summed E-state index contributed by atoms with van der Waals surface area (Å²) in [5, 5.41) is 9.63. The van der Waals surface area contributed by atoms with E-state index in [0.29, 0.717) is 12.2 Å². The van der Waals surface area contributed by atoms with E-state index >= 15 is 0 Å². The zero-order chi connectivity index (χ0) is 18.9. The molecule has 0 fully saturated rings. The Kier molecular flexibility index (Phi) is 8.64. The molecule has 0 atom stereocenters.